The number of phenolic OH excluding ortho intramolecular Hbond substituents is 1. The van der Waals surface area contributed by atoms with E-state index in [9.17, 15) is 24.2 Å². The number of phenols is 1. The van der Waals surface area contributed by atoms with Gasteiger partial charge in [-0.05, 0) is 32.9 Å². The second-order valence-electron chi connectivity index (χ2n) is 9.25. The van der Waals surface area contributed by atoms with Crippen molar-refractivity contribution in [2.45, 2.75) is 32.8 Å². The van der Waals surface area contributed by atoms with Crippen LogP contribution in [0.3, 0.4) is 0 Å². The summed E-state index contributed by atoms with van der Waals surface area (Å²) in [5, 5.41) is 20.3. The SMILES string of the molecule is Cc1c(F)cccc1OCC1(C)Oc2c(F)c(N3CCOCC3)cc(O)c2C(=O)C1(C)CC(=O)O. The van der Waals surface area contributed by atoms with Gasteiger partial charge in [-0.2, -0.15) is 0 Å². The molecule has 10 heteroatoms. The lowest BCUT2D eigenvalue weighted by Gasteiger charge is -2.48. The smallest absolute Gasteiger partial charge is 0.304 e. The second-order valence-corrected chi connectivity index (χ2v) is 9.25. The molecule has 2 aliphatic heterocycles. The monoisotopic (exact) mass is 491 g/mol. The molecule has 1 saturated heterocycles. The van der Waals surface area contributed by atoms with E-state index in [0.717, 1.165) is 6.07 Å². The van der Waals surface area contributed by atoms with Gasteiger partial charge in [0.1, 0.15) is 29.5 Å². The summed E-state index contributed by atoms with van der Waals surface area (Å²) in [6.45, 7) is 5.44. The number of fused-ring (bicyclic) bond motifs is 1. The Morgan fingerprint density at radius 2 is 1.91 bits per heavy atom. The summed E-state index contributed by atoms with van der Waals surface area (Å²) >= 11 is 0. The number of halogens is 2. The number of ketones is 1. The van der Waals surface area contributed by atoms with E-state index in [-0.39, 0.29) is 23.6 Å². The summed E-state index contributed by atoms with van der Waals surface area (Å²) in [6.07, 6.45) is -0.667. The highest BCUT2D eigenvalue weighted by Gasteiger charge is 2.59. The maximum Gasteiger partial charge on any atom is 0.304 e. The van der Waals surface area contributed by atoms with Crippen molar-refractivity contribution in [3.63, 3.8) is 0 Å². The highest BCUT2D eigenvalue weighted by Crippen LogP contribution is 2.52. The lowest BCUT2D eigenvalue weighted by atomic mass is 9.65. The van der Waals surface area contributed by atoms with Crippen molar-refractivity contribution in [1.82, 2.24) is 0 Å². The molecular formula is C25H27F2NO7. The van der Waals surface area contributed by atoms with Crippen LogP contribution in [-0.4, -0.2) is 60.5 Å². The molecule has 0 amide bonds. The number of anilines is 1. The van der Waals surface area contributed by atoms with Crippen molar-refractivity contribution in [3.05, 3.63) is 47.0 Å². The number of carboxylic acids is 1. The van der Waals surface area contributed by atoms with Crippen molar-refractivity contribution in [3.8, 4) is 17.2 Å². The summed E-state index contributed by atoms with van der Waals surface area (Å²) in [7, 11) is 0. The minimum Gasteiger partial charge on any atom is -0.507 e. The lowest BCUT2D eigenvalue weighted by molar-refractivity contribution is -0.144. The molecule has 0 radical (unpaired) electrons. The van der Waals surface area contributed by atoms with Gasteiger partial charge >= 0.3 is 5.97 Å². The first kappa shape index (κ1) is 24.7. The zero-order chi connectivity index (χ0) is 25.5. The van der Waals surface area contributed by atoms with Gasteiger partial charge in [0.25, 0.3) is 0 Å². The molecule has 4 rings (SSSR count). The predicted molar refractivity (Wildman–Crippen MR) is 121 cm³/mol. The predicted octanol–water partition coefficient (Wildman–Crippen LogP) is 3.71. The number of Topliss-reactive ketones (excluding diaryl/α,β-unsaturated/α-hetero) is 1. The molecule has 2 heterocycles. The Balaban J connectivity index is 1.80. The molecule has 188 valence electrons. The minimum atomic E-state index is -1.74. The first-order valence-corrected chi connectivity index (χ1v) is 11.2. The molecule has 2 unspecified atom stereocenters. The van der Waals surface area contributed by atoms with Crippen LogP contribution in [-0.2, 0) is 9.53 Å². The molecule has 2 aliphatic rings. The van der Waals surface area contributed by atoms with Gasteiger partial charge in [0, 0.05) is 24.7 Å². The number of nitrogens with zero attached hydrogens (tertiary/aromatic N) is 1. The zero-order valence-corrected chi connectivity index (χ0v) is 19.7. The van der Waals surface area contributed by atoms with Crippen molar-refractivity contribution >= 4 is 17.4 Å². The average molecular weight is 491 g/mol. The Labute approximate surface area is 201 Å². The van der Waals surface area contributed by atoms with Crippen LogP contribution < -0.4 is 14.4 Å². The van der Waals surface area contributed by atoms with Crippen LogP contribution in [0.25, 0.3) is 0 Å². The van der Waals surface area contributed by atoms with Crippen LogP contribution >= 0.6 is 0 Å². The molecule has 0 aromatic heterocycles. The second kappa shape index (κ2) is 8.99. The number of aromatic hydroxyl groups is 1. The number of carbonyl (C=O) groups is 2. The third-order valence-corrected chi connectivity index (χ3v) is 6.98. The maximum atomic E-state index is 15.8. The number of ether oxygens (including phenoxy) is 3. The summed E-state index contributed by atoms with van der Waals surface area (Å²) < 4.78 is 46.9. The summed E-state index contributed by atoms with van der Waals surface area (Å²) in [4.78, 5) is 27.1. The Bertz CT molecular complexity index is 1180. The minimum absolute atomic E-state index is 0.0448. The summed E-state index contributed by atoms with van der Waals surface area (Å²) in [5.41, 5.74) is -3.56. The van der Waals surface area contributed by atoms with E-state index in [1.165, 1.54) is 39.0 Å². The molecule has 0 spiro atoms. The molecule has 0 saturated carbocycles. The number of morpholine rings is 1. The van der Waals surface area contributed by atoms with Gasteiger partial charge in [-0.25, -0.2) is 8.78 Å². The topological polar surface area (TPSA) is 106 Å². The van der Waals surface area contributed by atoms with Gasteiger partial charge in [-0.15, -0.1) is 0 Å². The van der Waals surface area contributed by atoms with Gasteiger partial charge in [0.2, 0.25) is 0 Å². The van der Waals surface area contributed by atoms with Crippen molar-refractivity contribution in [2.75, 3.05) is 37.8 Å². The maximum absolute atomic E-state index is 15.8. The van der Waals surface area contributed by atoms with Crippen molar-refractivity contribution in [1.29, 1.82) is 0 Å². The summed E-state index contributed by atoms with van der Waals surface area (Å²) in [6, 6.07) is 5.39. The number of hydrogen-bond acceptors (Lipinski definition) is 7. The first-order chi connectivity index (χ1) is 16.5. The molecule has 1 fully saturated rings. The van der Waals surface area contributed by atoms with E-state index in [1.54, 1.807) is 4.90 Å². The van der Waals surface area contributed by atoms with Crippen LogP contribution in [0, 0.1) is 24.0 Å². The normalized spacial score (nSPS) is 24.0. The Hall–Kier alpha value is -3.40. The number of carboxylic acid groups (broad SMARTS) is 1. The molecule has 2 aromatic rings. The molecule has 0 bridgehead atoms. The van der Waals surface area contributed by atoms with Crippen molar-refractivity contribution in [2.24, 2.45) is 5.41 Å². The Morgan fingerprint density at radius 1 is 1.23 bits per heavy atom. The quantitative estimate of drug-likeness (QED) is 0.630. The van der Waals surface area contributed by atoms with Gasteiger partial charge in [-0.3, -0.25) is 9.59 Å². The fraction of sp³-hybridized carbons (Fsp3) is 0.440. The van der Waals surface area contributed by atoms with E-state index < -0.39 is 57.9 Å². The molecule has 0 aliphatic carbocycles. The Kier molecular flexibility index (Phi) is 6.35. The van der Waals surface area contributed by atoms with Gasteiger partial charge in [0.05, 0.1) is 30.7 Å². The lowest BCUT2D eigenvalue weighted by Crippen LogP contribution is -2.60. The van der Waals surface area contributed by atoms with E-state index in [0.29, 0.717) is 26.3 Å². The number of aliphatic carboxylic acids is 1. The third kappa shape index (κ3) is 4.16. The van der Waals surface area contributed by atoms with Crippen LogP contribution in [0.4, 0.5) is 14.5 Å². The number of carbonyl (C=O) groups excluding carboxylic acids is 1. The third-order valence-electron chi connectivity index (χ3n) is 6.98. The van der Waals surface area contributed by atoms with Crippen LogP contribution in [0.2, 0.25) is 0 Å². The highest BCUT2D eigenvalue weighted by molar-refractivity contribution is 6.08. The molecule has 2 N–H and O–H groups in total. The van der Waals surface area contributed by atoms with E-state index in [4.69, 9.17) is 14.2 Å². The molecule has 35 heavy (non-hydrogen) atoms. The van der Waals surface area contributed by atoms with Gasteiger partial charge < -0.3 is 29.3 Å². The van der Waals surface area contributed by atoms with Crippen LogP contribution in [0.5, 0.6) is 17.2 Å². The summed E-state index contributed by atoms with van der Waals surface area (Å²) in [5.74, 6) is -4.22. The largest absolute Gasteiger partial charge is 0.507 e. The first-order valence-electron chi connectivity index (χ1n) is 11.2. The molecular weight excluding hydrogens is 464 g/mol. The fourth-order valence-corrected chi connectivity index (χ4v) is 4.53. The number of rotatable bonds is 6. The van der Waals surface area contributed by atoms with Gasteiger partial charge in [0.15, 0.2) is 23.0 Å². The zero-order valence-electron chi connectivity index (χ0n) is 19.7. The molecule has 8 nitrogen and oxygen atoms in total. The Morgan fingerprint density at radius 3 is 2.57 bits per heavy atom. The standard InChI is InChI=1S/C25H27F2NO7/c1-14-15(26)5-4-6-18(14)34-13-25(3)24(2,12-19(30)31)23(32)20-17(29)11-16(21(27)22(20)35-25)28-7-9-33-10-8-28/h4-6,11,29H,7-10,12-13H2,1-3H3,(H,30,31). The van der Waals surface area contributed by atoms with E-state index in [2.05, 4.69) is 0 Å². The molecule has 2 aromatic carbocycles. The van der Waals surface area contributed by atoms with Crippen LogP contribution in [0.15, 0.2) is 24.3 Å². The molecule has 2 atom stereocenters. The highest BCUT2D eigenvalue weighted by atomic mass is 19.1. The van der Waals surface area contributed by atoms with Crippen molar-refractivity contribution < 1.29 is 42.8 Å². The van der Waals surface area contributed by atoms with E-state index >= 15 is 4.39 Å². The van der Waals surface area contributed by atoms with E-state index in [1.807, 2.05) is 0 Å². The van der Waals surface area contributed by atoms with Crippen LogP contribution in [0.1, 0.15) is 36.2 Å². The number of hydrogen-bond donors (Lipinski definition) is 2. The van der Waals surface area contributed by atoms with Gasteiger partial charge in [-0.1, -0.05) is 6.07 Å². The number of benzene rings is 2. The fourth-order valence-electron chi connectivity index (χ4n) is 4.53. The average Bonchev–Trinajstić information content (AvgIpc) is 2.81.